The lowest BCUT2D eigenvalue weighted by Gasteiger charge is -2.08. The normalized spacial score (nSPS) is 10.8. The third-order valence-corrected chi connectivity index (χ3v) is 5.76. The van der Waals surface area contributed by atoms with Gasteiger partial charge in [-0.05, 0) is 43.3 Å². The fourth-order valence-electron chi connectivity index (χ4n) is 1.76. The molecule has 0 aliphatic heterocycles. The lowest BCUT2D eigenvalue weighted by molar-refractivity contribution is 1.17. The molecule has 0 N–H and O–H groups in total. The molecule has 2 aromatic heterocycles. The van der Waals surface area contributed by atoms with Crippen LogP contribution < -0.4 is 0 Å². The molecule has 0 spiro atoms. The van der Waals surface area contributed by atoms with Gasteiger partial charge in [0.05, 0.1) is 15.0 Å². The van der Waals surface area contributed by atoms with Crippen LogP contribution in [0.5, 0.6) is 0 Å². The van der Waals surface area contributed by atoms with Gasteiger partial charge < -0.3 is 0 Å². The number of hydrogen-bond acceptors (Lipinski definition) is 3. The molecule has 0 saturated carbocycles. The van der Waals surface area contributed by atoms with Gasteiger partial charge in [-0.15, -0.1) is 11.3 Å². The molecule has 2 heterocycles. The Labute approximate surface area is 142 Å². The molecular formula is C14H7Br2ClN2S. The largest absolute Gasteiger partial charge is 0.226 e. The molecule has 0 atom stereocenters. The van der Waals surface area contributed by atoms with Crippen molar-refractivity contribution in [2.75, 3.05) is 0 Å². The molecule has 100 valence electrons. The summed E-state index contributed by atoms with van der Waals surface area (Å²) in [6.07, 6.45) is 0. The third kappa shape index (κ3) is 2.68. The van der Waals surface area contributed by atoms with Crippen molar-refractivity contribution in [3.05, 3.63) is 55.9 Å². The number of thiophene rings is 1. The molecular weight excluding hydrogens is 423 g/mol. The first-order valence-electron chi connectivity index (χ1n) is 5.68. The quantitative estimate of drug-likeness (QED) is 0.463. The second-order valence-corrected chi connectivity index (χ2v) is 6.89. The fraction of sp³-hybridized carbons (Fsp3) is 0. The molecule has 6 heteroatoms. The molecule has 0 amide bonds. The molecule has 0 unspecified atom stereocenters. The predicted octanol–water partition coefficient (Wildman–Crippen LogP) is 6.05. The Morgan fingerprint density at radius 2 is 1.75 bits per heavy atom. The lowest BCUT2D eigenvalue weighted by atomic mass is 10.1. The highest BCUT2D eigenvalue weighted by molar-refractivity contribution is 9.11. The van der Waals surface area contributed by atoms with Crippen LogP contribution in [0, 0.1) is 0 Å². The van der Waals surface area contributed by atoms with Gasteiger partial charge in [0.25, 0.3) is 0 Å². The number of aromatic nitrogens is 2. The van der Waals surface area contributed by atoms with E-state index < -0.39 is 0 Å². The third-order valence-electron chi connectivity index (χ3n) is 2.68. The molecule has 0 aliphatic rings. The number of nitrogens with zero attached hydrogens (tertiary/aromatic N) is 2. The molecule has 0 radical (unpaired) electrons. The van der Waals surface area contributed by atoms with Crippen molar-refractivity contribution >= 4 is 54.8 Å². The Morgan fingerprint density at radius 1 is 1.00 bits per heavy atom. The zero-order valence-corrected chi connectivity index (χ0v) is 14.7. The van der Waals surface area contributed by atoms with Gasteiger partial charge in [0.2, 0.25) is 0 Å². The fourth-order valence-corrected chi connectivity index (χ4v) is 3.82. The zero-order chi connectivity index (χ0) is 14.1. The minimum Gasteiger partial charge on any atom is -0.226 e. The van der Waals surface area contributed by atoms with Gasteiger partial charge in [-0.2, -0.15) is 0 Å². The molecule has 0 aliphatic carbocycles. The topological polar surface area (TPSA) is 25.8 Å². The van der Waals surface area contributed by atoms with Crippen molar-refractivity contribution in [1.29, 1.82) is 0 Å². The number of halogens is 3. The maximum absolute atomic E-state index is 6.23. The van der Waals surface area contributed by atoms with Gasteiger partial charge >= 0.3 is 0 Å². The van der Waals surface area contributed by atoms with Crippen LogP contribution in [0.25, 0.3) is 22.0 Å². The molecule has 3 aromatic rings. The summed E-state index contributed by atoms with van der Waals surface area (Å²) in [5.74, 6) is 0.624. The van der Waals surface area contributed by atoms with Crippen molar-refractivity contribution in [3.63, 3.8) is 0 Å². The molecule has 3 rings (SSSR count). The van der Waals surface area contributed by atoms with E-state index in [1.54, 1.807) is 11.3 Å². The summed E-state index contributed by atoms with van der Waals surface area (Å²) in [4.78, 5) is 9.96. The summed E-state index contributed by atoms with van der Waals surface area (Å²) in [5.41, 5.74) is 1.79. The van der Waals surface area contributed by atoms with Crippen LogP contribution in [0.3, 0.4) is 0 Å². The summed E-state index contributed by atoms with van der Waals surface area (Å²) >= 11 is 14.8. The van der Waals surface area contributed by atoms with E-state index in [9.17, 15) is 0 Å². The number of rotatable bonds is 2. The van der Waals surface area contributed by atoms with Crippen LogP contribution in [0.2, 0.25) is 5.15 Å². The minimum absolute atomic E-state index is 0.411. The van der Waals surface area contributed by atoms with Crippen LogP contribution in [-0.4, -0.2) is 9.97 Å². The summed E-state index contributed by atoms with van der Waals surface area (Å²) in [5, 5.41) is 2.40. The molecule has 0 saturated heterocycles. The second-order valence-electron chi connectivity index (χ2n) is 3.96. The standard InChI is InChI=1S/C14H7Br2ClN2S/c15-9-6-7-20-12(9)14-18-11(10(16)13(17)19-14)8-4-2-1-3-5-8/h1-7H. The average Bonchev–Trinajstić information content (AvgIpc) is 2.89. The van der Waals surface area contributed by atoms with Crippen molar-refractivity contribution in [3.8, 4) is 22.0 Å². The summed E-state index contributed by atoms with van der Waals surface area (Å²) in [6.45, 7) is 0. The Bertz CT molecular complexity index is 759. The molecule has 1 aromatic carbocycles. The molecule has 0 fully saturated rings. The highest BCUT2D eigenvalue weighted by atomic mass is 79.9. The summed E-state index contributed by atoms with van der Waals surface area (Å²) < 4.78 is 1.68. The predicted molar refractivity (Wildman–Crippen MR) is 91.2 cm³/mol. The van der Waals surface area contributed by atoms with E-state index in [2.05, 4.69) is 41.8 Å². The number of hydrogen-bond donors (Lipinski definition) is 0. The molecule has 20 heavy (non-hydrogen) atoms. The smallest absolute Gasteiger partial charge is 0.172 e. The van der Waals surface area contributed by atoms with Gasteiger partial charge in [0.1, 0.15) is 5.15 Å². The van der Waals surface area contributed by atoms with E-state index in [-0.39, 0.29) is 0 Å². The van der Waals surface area contributed by atoms with Crippen molar-refractivity contribution < 1.29 is 0 Å². The first kappa shape index (κ1) is 14.2. The highest BCUT2D eigenvalue weighted by Gasteiger charge is 2.15. The van der Waals surface area contributed by atoms with E-state index in [4.69, 9.17) is 11.6 Å². The lowest BCUT2D eigenvalue weighted by Crippen LogP contribution is -1.94. The first-order valence-corrected chi connectivity index (χ1v) is 8.53. The maximum atomic E-state index is 6.23. The van der Waals surface area contributed by atoms with E-state index >= 15 is 0 Å². The van der Waals surface area contributed by atoms with Crippen LogP contribution in [0.15, 0.2) is 50.7 Å². The Kier molecular flexibility index (Phi) is 4.21. The SMILES string of the molecule is Clc1nc(-c2sccc2Br)nc(-c2ccccc2)c1Br. The number of benzene rings is 1. The zero-order valence-electron chi connectivity index (χ0n) is 9.98. The van der Waals surface area contributed by atoms with Gasteiger partial charge in [-0.3, -0.25) is 0 Å². The van der Waals surface area contributed by atoms with Crippen molar-refractivity contribution in [2.24, 2.45) is 0 Å². The Hall–Kier alpha value is -0.750. The van der Waals surface area contributed by atoms with Gasteiger partial charge in [0.15, 0.2) is 5.82 Å². The Morgan fingerprint density at radius 3 is 2.40 bits per heavy atom. The molecule has 0 bridgehead atoms. The summed E-state index contributed by atoms with van der Waals surface area (Å²) in [7, 11) is 0. The maximum Gasteiger partial charge on any atom is 0.172 e. The van der Waals surface area contributed by atoms with E-state index in [0.717, 1.165) is 20.6 Å². The van der Waals surface area contributed by atoms with E-state index in [1.165, 1.54) is 0 Å². The Balaban J connectivity index is 2.21. The average molecular weight is 431 g/mol. The van der Waals surface area contributed by atoms with Crippen LogP contribution in [0.4, 0.5) is 0 Å². The summed E-state index contributed by atoms with van der Waals surface area (Å²) in [6, 6.07) is 11.9. The van der Waals surface area contributed by atoms with Crippen molar-refractivity contribution in [1.82, 2.24) is 9.97 Å². The van der Waals surface area contributed by atoms with Gasteiger partial charge in [0, 0.05) is 10.0 Å². The van der Waals surface area contributed by atoms with Crippen LogP contribution in [0.1, 0.15) is 0 Å². The first-order chi connectivity index (χ1) is 9.66. The monoisotopic (exact) mass is 428 g/mol. The second kappa shape index (κ2) is 5.93. The minimum atomic E-state index is 0.411. The highest BCUT2D eigenvalue weighted by Crippen LogP contribution is 2.37. The van der Waals surface area contributed by atoms with Gasteiger partial charge in [-0.1, -0.05) is 41.9 Å². The van der Waals surface area contributed by atoms with Gasteiger partial charge in [-0.25, -0.2) is 9.97 Å². The van der Waals surface area contributed by atoms with Crippen LogP contribution >= 0.6 is 54.8 Å². The molecule has 2 nitrogen and oxygen atoms in total. The van der Waals surface area contributed by atoms with E-state index in [0.29, 0.717) is 15.5 Å². The van der Waals surface area contributed by atoms with Crippen LogP contribution in [-0.2, 0) is 0 Å². The van der Waals surface area contributed by atoms with E-state index in [1.807, 2.05) is 41.8 Å². The van der Waals surface area contributed by atoms with Crippen molar-refractivity contribution in [2.45, 2.75) is 0 Å².